The van der Waals surface area contributed by atoms with Crippen LogP contribution in [0.1, 0.15) is 37.0 Å². The topological polar surface area (TPSA) is 75.0 Å². The summed E-state index contributed by atoms with van der Waals surface area (Å²) in [6.45, 7) is 7.49. The second-order valence-electron chi connectivity index (χ2n) is 5.82. The van der Waals surface area contributed by atoms with Gasteiger partial charge in [-0.25, -0.2) is 4.79 Å². The summed E-state index contributed by atoms with van der Waals surface area (Å²) in [5, 5.41) is 2.93. The van der Waals surface area contributed by atoms with Gasteiger partial charge < -0.3 is 24.3 Å². The molecule has 7 nitrogen and oxygen atoms in total. The zero-order valence-electron chi connectivity index (χ0n) is 14.5. The Balaban J connectivity index is 1.81. The highest BCUT2D eigenvalue weighted by molar-refractivity contribution is 5.93. The number of hydrogen-bond acceptors (Lipinski definition) is 4. The molecule has 7 heteroatoms. The van der Waals surface area contributed by atoms with Crippen molar-refractivity contribution < 1.29 is 18.7 Å². The van der Waals surface area contributed by atoms with Gasteiger partial charge in [-0.2, -0.15) is 0 Å². The molecule has 1 aliphatic rings. The molecule has 0 aromatic carbocycles. The van der Waals surface area contributed by atoms with Gasteiger partial charge in [-0.15, -0.1) is 0 Å². The summed E-state index contributed by atoms with van der Waals surface area (Å²) >= 11 is 0. The standard InChI is InChI=1S/C17H27N3O4/c1-3-15(24-4-2)12-18-17(22)20-8-5-7-19(9-10-20)16(21)14-6-11-23-13-14/h6,11,13,15H,3-5,7-10,12H2,1-2H3,(H,18,22). The molecule has 1 aromatic rings. The maximum atomic E-state index is 12.3. The molecular weight excluding hydrogens is 310 g/mol. The minimum absolute atomic E-state index is 0.0464. The summed E-state index contributed by atoms with van der Waals surface area (Å²) in [4.78, 5) is 28.2. The zero-order chi connectivity index (χ0) is 17.4. The zero-order valence-corrected chi connectivity index (χ0v) is 14.5. The van der Waals surface area contributed by atoms with Crippen LogP contribution in [0.2, 0.25) is 0 Å². The van der Waals surface area contributed by atoms with Crippen molar-refractivity contribution in [2.24, 2.45) is 0 Å². The van der Waals surface area contributed by atoms with Crippen LogP contribution in [0.4, 0.5) is 4.79 Å². The molecule has 3 amide bonds. The van der Waals surface area contributed by atoms with E-state index in [2.05, 4.69) is 5.32 Å². The van der Waals surface area contributed by atoms with Gasteiger partial charge in [-0.3, -0.25) is 4.79 Å². The molecule has 24 heavy (non-hydrogen) atoms. The molecule has 134 valence electrons. The third-order valence-electron chi connectivity index (χ3n) is 4.18. The normalized spacial score (nSPS) is 16.6. The summed E-state index contributed by atoms with van der Waals surface area (Å²) in [7, 11) is 0. The molecule has 1 atom stereocenters. The van der Waals surface area contributed by atoms with Crippen LogP contribution in [0, 0.1) is 0 Å². The van der Waals surface area contributed by atoms with Crippen molar-refractivity contribution in [2.75, 3.05) is 39.3 Å². The Morgan fingerprint density at radius 2 is 2.00 bits per heavy atom. The van der Waals surface area contributed by atoms with Crippen LogP contribution in [0.3, 0.4) is 0 Å². The smallest absolute Gasteiger partial charge is 0.317 e. The molecule has 0 spiro atoms. The minimum Gasteiger partial charge on any atom is -0.472 e. The van der Waals surface area contributed by atoms with Crippen LogP contribution in [-0.2, 0) is 4.74 Å². The number of carbonyl (C=O) groups excluding carboxylic acids is 2. The Morgan fingerprint density at radius 3 is 2.67 bits per heavy atom. The van der Waals surface area contributed by atoms with Crippen LogP contribution in [0.25, 0.3) is 0 Å². The molecule has 1 aliphatic heterocycles. The fourth-order valence-electron chi connectivity index (χ4n) is 2.76. The minimum atomic E-state index is -0.0919. The summed E-state index contributed by atoms with van der Waals surface area (Å²) in [6, 6.07) is 1.57. The fraction of sp³-hybridized carbons (Fsp3) is 0.647. The molecule has 1 unspecified atom stereocenters. The van der Waals surface area contributed by atoms with Crippen LogP contribution in [0.5, 0.6) is 0 Å². The van der Waals surface area contributed by atoms with Gasteiger partial charge in [0.15, 0.2) is 0 Å². The molecule has 0 radical (unpaired) electrons. The molecule has 0 bridgehead atoms. The highest BCUT2D eigenvalue weighted by Crippen LogP contribution is 2.10. The van der Waals surface area contributed by atoms with Gasteiger partial charge in [0.2, 0.25) is 0 Å². The Kier molecular flexibility index (Phi) is 7.11. The van der Waals surface area contributed by atoms with Crippen molar-refractivity contribution in [1.29, 1.82) is 0 Å². The molecule has 0 saturated carbocycles. The average Bonchev–Trinajstić information content (AvgIpc) is 3.02. The Bertz CT molecular complexity index is 518. The van der Waals surface area contributed by atoms with E-state index in [4.69, 9.17) is 9.15 Å². The molecule has 2 rings (SSSR count). The number of nitrogens with one attached hydrogen (secondary N) is 1. The maximum absolute atomic E-state index is 12.3. The SMILES string of the molecule is CCOC(CC)CNC(=O)N1CCCN(C(=O)c2ccoc2)CC1. The van der Waals surface area contributed by atoms with Gasteiger partial charge in [0.05, 0.1) is 17.9 Å². The predicted molar refractivity (Wildman–Crippen MR) is 89.9 cm³/mol. The number of carbonyl (C=O) groups is 2. The van der Waals surface area contributed by atoms with Crippen LogP contribution >= 0.6 is 0 Å². The fourth-order valence-corrected chi connectivity index (χ4v) is 2.76. The van der Waals surface area contributed by atoms with E-state index in [1.54, 1.807) is 15.9 Å². The first-order valence-electron chi connectivity index (χ1n) is 8.61. The number of amides is 3. The molecule has 1 N–H and O–H groups in total. The van der Waals surface area contributed by atoms with E-state index in [1.807, 2.05) is 13.8 Å². The number of urea groups is 1. The summed E-state index contributed by atoms with van der Waals surface area (Å²) in [5.41, 5.74) is 0.551. The predicted octanol–water partition coefficient (Wildman–Crippen LogP) is 1.95. The van der Waals surface area contributed by atoms with Crippen LogP contribution in [0.15, 0.2) is 23.0 Å². The average molecular weight is 337 g/mol. The Hall–Kier alpha value is -2.02. The van der Waals surface area contributed by atoms with Crippen molar-refractivity contribution in [1.82, 2.24) is 15.1 Å². The van der Waals surface area contributed by atoms with E-state index in [1.165, 1.54) is 12.5 Å². The van der Waals surface area contributed by atoms with Gasteiger partial charge in [-0.1, -0.05) is 6.92 Å². The highest BCUT2D eigenvalue weighted by atomic mass is 16.5. The van der Waals surface area contributed by atoms with Crippen molar-refractivity contribution >= 4 is 11.9 Å². The summed E-state index contributed by atoms with van der Waals surface area (Å²) in [5.74, 6) is -0.0478. The maximum Gasteiger partial charge on any atom is 0.317 e. The van der Waals surface area contributed by atoms with Crippen molar-refractivity contribution in [3.8, 4) is 0 Å². The van der Waals surface area contributed by atoms with Gasteiger partial charge in [0.25, 0.3) is 5.91 Å². The van der Waals surface area contributed by atoms with E-state index < -0.39 is 0 Å². The third kappa shape index (κ3) is 4.99. The quantitative estimate of drug-likeness (QED) is 0.861. The summed E-state index contributed by atoms with van der Waals surface area (Å²) < 4.78 is 10.5. The lowest BCUT2D eigenvalue weighted by molar-refractivity contribution is 0.0606. The molecule has 2 heterocycles. The first-order chi connectivity index (χ1) is 11.7. The number of hydrogen-bond donors (Lipinski definition) is 1. The Labute approximate surface area is 142 Å². The molecular formula is C17H27N3O4. The molecule has 1 aromatic heterocycles. The molecule has 1 saturated heterocycles. The van der Waals surface area contributed by atoms with Gasteiger partial charge >= 0.3 is 6.03 Å². The third-order valence-corrected chi connectivity index (χ3v) is 4.18. The number of nitrogens with zero attached hydrogens (tertiary/aromatic N) is 2. The lowest BCUT2D eigenvalue weighted by Gasteiger charge is -2.23. The van der Waals surface area contributed by atoms with Gasteiger partial charge in [0.1, 0.15) is 6.26 Å². The van der Waals surface area contributed by atoms with E-state index >= 15 is 0 Å². The highest BCUT2D eigenvalue weighted by Gasteiger charge is 2.23. The van der Waals surface area contributed by atoms with Gasteiger partial charge in [-0.05, 0) is 25.8 Å². The largest absolute Gasteiger partial charge is 0.472 e. The lowest BCUT2D eigenvalue weighted by Crippen LogP contribution is -2.45. The van der Waals surface area contributed by atoms with E-state index in [9.17, 15) is 9.59 Å². The molecule has 0 aliphatic carbocycles. The van der Waals surface area contributed by atoms with E-state index in [0.717, 1.165) is 12.8 Å². The monoisotopic (exact) mass is 337 g/mol. The summed E-state index contributed by atoms with van der Waals surface area (Å²) in [6.07, 6.45) is 4.62. The van der Waals surface area contributed by atoms with Crippen LogP contribution in [-0.4, -0.2) is 67.2 Å². The van der Waals surface area contributed by atoms with Crippen molar-refractivity contribution in [3.05, 3.63) is 24.2 Å². The Morgan fingerprint density at radius 1 is 1.25 bits per heavy atom. The second-order valence-corrected chi connectivity index (χ2v) is 5.82. The van der Waals surface area contributed by atoms with Gasteiger partial charge in [0, 0.05) is 39.3 Å². The van der Waals surface area contributed by atoms with E-state index in [-0.39, 0.29) is 18.0 Å². The number of ether oxygens (including phenoxy) is 1. The van der Waals surface area contributed by atoms with E-state index in [0.29, 0.717) is 44.9 Å². The number of rotatable bonds is 6. The lowest BCUT2D eigenvalue weighted by atomic mass is 10.3. The number of furan rings is 1. The first kappa shape index (κ1) is 18.3. The van der Waals surface area contributed by atoms with Crippen molar-refractivity contribution in [3.63, 3.8) is 0 Å². The second kappa shape index (κ2) is 9.32. The first-order valence-corrected chi connectivity index (χ1v) is 8.61. The molecule has 1 fully saturated rings. The van der Waals surface area contributed by atoms with Crippen LogP contribution < -0.4 is 5.32 Å². The van der Waals surface area contributed by atoms with Crippen molar-refractivity contribution in [2.45, 2.75) is 32.8 Å².